The summed E-state index contributed by atoms with van der Waals surface area (Å²) in [6.07, 6.45) is 4.73. The fraction of sp³-hybridized carbons (Fsp3) is 0.391. The third-order valence-corrected chi connectivity index (χ3v) is 6.31. The van der Waals surface area contributed by atoms with Crippen LogP contribution in [-0.4, -0.2) is 30.5 Å². The van der Waals surface area contributed by atoms with E-state index >= 15 is 0 Å². The predicted octanol–water partition coefficient (Wildman–Crippen LogP) is 5.07. The van der Waals surface area contributed by atoms with Crippen LogP contribution in [0.1, 0.15) is 31.2 Å². The molecule has 0 atom stereocenters. The van der Waals surface area contributed by atoms with E-state index in [1.807, 2.05) is 47.4 Å². The minimum atomic E-state index is 0.0391. The van der Waals surface area contributed by atoms with Gasteiger partial charge in [-0.05, 0) is 68.0 Å². The van der Waals surface area contributed by atoms with Gasteiger partial charge in [0.15, 0.2) is 5.58 Å². The summed E-state index contributed by atoms with van der Waals surface area (Å²) < 4.78 is 5.90. The quantitative estimate of drug-likeness (QED) is 0.593. The lowest BCUT2D eigenvalue weighted by Gasteiger charge is -2.33. The van der Waals surface area contributed by atoms with Gasteiger partial charge < -0.3 is 14.2 Å². The van der Waals surface area contributed by atoms with Gasteiger partial charge in [0.1, 0.15) is 5.52 Å². The molecule has 0 saturated carbocycles. The molecule has 1 fully saturated rings. The van der Waals surface area contributed by atoms with Crippen molar-refractivity contribution in [3.63, 3.8) is 0 Å². The number of para-hydroxylation sites is 2. The van der Waals surface area contributed by atoms with Gasteiger partial charge in [0.05, 0.1) is 0 Å². The maximum atomic E-state index is 13.4. The number of amides is 1. The first-order valence-electron chi connectivity index (χ1n) is 10.4. The molecular formula is C23H24ClN3O2. The number of nitrogens with zero attached hydrogens (tertiary/aromatic N) is 3. The fourth-order valence-electron chi connectivity index (χ4n) is 4.49. The number of aryl methyl sites for hydroxylation is 1. The number of fused-ring (bicyclic) bond motifs is 2. The molecule has 2 aliphatic heterocycles. The Morgan fingerprint density at radius 1 is 1.07 bits per heavy atom. The van der Waals surface area contributed by atoms with Crippen molar-refractivity contribution in [1.82, 2.24) is 4.98 Å². The molecule has 0 N–H and O–H groups in total. The van der Waals surface area contributed by atoms with Crippen molar-refractivity contribution in [1.29, 1.82) is 0 Å². The zero-order chi connectivity index (χ0) is 19.8. The average molecular weight is 410 g/mol. The van der Waals surface area contributed by atoms with Crippen LogP contribution in [0.4, 0.5) is 11.7 Å². The van der Waals surface area contributed by atoms with Crippen molar-refractivity contribution in [3.8, 4) is 0 Å². The highest BCUT2D eigenvalue weighted by atomic mass is 35.5. The van der Waals surface area contributed by atoms with Crippen LogP contribution >= 0.6 is 11.6 Å². The summed E-state index contributed by atoms with van der Waals surface area (Å²) in [5.74, 6) is 0.282. The van der Waals surface area contributed by atoms with Gasteiger partial charge in [-0.15, -0.1) is 0 Å². The van der Waals surface area contributed by atoms with Crippen LogP contribution in [0.15, 0.2) is 46.9 Å². The van der Waals surface area contributed by atoms with Crippen molar-refractivity contribution in [2.45, 2.75) is 32.1 Å². The molecule has 5 nitrogen and oxygen atoms in total. The summed E-state index contributed by atoms with van der Waals surface area (Å²) in [5, 5.41) is 0.740. The lowest BCUT2D eigenvalue weighted by molar-refractivity contribution is -0.123. The van der Waals surface area contributed by atoms with Crippen molar-refractivity contribution >= 4 is 40.3 Å². The number of piperidine rings is 1. The van der Waals surface area contributed by atoms with Crippen molar-refractivity contribution in [2.24, 2.45) is 5.92 Å². The zero-order valence-corrected chi connectivity index (χ0v) is 17.1. The van der Waals surface area contributed by atoms with E-state index in [0.29, 0.717) is 6.01 Å². The topological polar surface area (TPSA) is 49.6 Å². The first-order chi connectivity index (χ1) is 14.2. The molecular weight excluding hydrogens is 386 g/mol. The summed E-state index contributed by atoms with van der Waals surface area (Å²) in [7, 11) is 0. The van der Waals surface area contributed by atoms with Gasteiger partial charge in [0, 0.05) is 36.3 Å². The molecule has 2 aromatic carbocycles. The van der Waals surface area contributed by atoms with Crippen LogP contribution in [0.2, 0.25) is 5.02 Å². The SMILES string of the molecule is O=C(C1CCN(c2nc3ccccc3o2)CC1)N1CCCCc2cc(Cl)ccc21. The van der Waals surface area contributed by atoms with Crippen molar-refractivity contribution < 1.29 is 9.21 Å². The Kier molecular flexibility index (Phi) is 4.92. The van der Waals surface area contributed by atoms with Crippen molar-refractivity contribution in [2.75, 3.05) is 29.4 Å². The number of hydrogen-bond acceptors (Lipinski definition) is 4. The molecule has 3 heterocycles. The highest BCUT2D eigenvalue weighted by molar-refractivity contribution is 6.30. The van der Waals surface area contributed by atoms with E-state index in [4.69, 9.17) is 16.0 Å². The monoisotopic (exact) mass is 409 g/mol. The number of aromatic nitrogens is 1. The Morgan fingerprint density at radius 3 is 2.72 bits per heavy atom. The minimum absolute atomic E-state index is 0.0391. The lowest BCUT2D eigenvalue weighted by Crippen LogP contribution is -2.43. The lowest BCUT2D eigenvalue weighted by atomic mass is 9.95. The zero-order valence-electron chi connectivity index (χ0n) is 16.3. The van der Waals surface area contributed by atoms with E-state index in [1.165, 1.54) is 5.56 Å². The molecule has 0 aliphatic carbocycles. The largest absolute Gasteiger partial charge is 0.423 e. The average Bonchev–Trinajstić information content (AvgIpc) is 3.08. The van der Waals surface area contributed by atoms with E-state index < -0.39 is 0 Å². The van der Waals surface area contributed by atoms with Crippen LogP contribution in [0.3, 0.4) is 0 Å². The molecule has 6 heteroatoms. The van der Waals surface area contributed by atoms with Crippen LogP contribution in [-0.2, 0) is 11.2 Å². The summed E-state index contributed by atoms with van der Waals surface area (Å²) >= 11 is 6.19. The van der Waals surface area contributed by atoms with Gasteiger partial charge in [-0.3, -0.25) is 4.79 Å². The highest BCUT2D eigenvalue weighted by Crippen LogP contribution is 2.32. The number of anilines is 2. The smallest absolute Gasteiger partial charge is 0.298 e. The molecule has 1 amide bonds. The molecule has 0 unspecified atom stereocenters. The summed E-state index contributed by atoms with van der Waals surface area (Å²) in [6.45, 7) is 2.36. The third kappa shape index (κ3) is 3.60. The van der Waals surface area contributed by atoms with Crippen LogP contribution < -0.4 is 9.80 Å². The molecule has 2 aliphatic rings. The van der Waals surface area contributed by atoms with E-state index in [-0.39, 0.29) is 11.8 Å². The fourth-order valence-corrected chi connectivity index (χ4v) is 4.68. The first kappa shape index (κ1) is 18.5. The predicted molar refractivity (Wildman–Crippen MR) is 116 cm³/mol. The van der Waals surface area contributed by atoms with Crippen LogP contribution in [0, 0.1) is 5.92 Å². The molecule has 0 spiro atoms. The molecule has 29 heavy (non-hydrogen) atoms. The number of hydrogen-bond donors (Lipinski definition) is 0. The van der Waals surface area contributed by atoms with Crippen LogP contribution in [0.5, 0.6) is 0 Å². The third-order valence-electron chi connectivity index (χ3n) is 6.07. The molecule has 150 valence electrons. The highest BCUT2D eigenvalue weighted by Gasteiger charge is 2.32. The van der Waals surface area contributed by atoms with Gasteiger partial charge in [0.25, 0.3) is 6.01 Å². The second kappa shape index (κ2) is 7.71. The number of carbonyl (C=O) groups excluding carboxylic acids is 1. The van der Waals surface area contributed by atoms with Gasteiger partial charge in [-0.1, -0.05) is 23.7 Å². The number of benzene rings is 2. The van der Waals surface area contributed by atoms with Gasteiger partial charge in [-0.2, -0.15) is 4.98 Å². The summed E-state index contributed by atoms with van der Waals surface area (Å²) in [5.41, 5.74) is 3.91. The summed E-state index contributed by atoms with van der Waals surface area (Å²) in [4.78, 5) is 22.1. The summed E-state index contributed by atoms with van der Waals surface area (Å²) in [6, 6.07) is 14.4. The van der Waals surface area contributed by atoms with Gasteiger partial charge in [-0.25, -0.2) is 0 Å². The van der Waals surface area contributed by atoms with E-state index in [9.17, 15) is 4.79 Å². The Morgan fingerprint density at radius 2 is 1.90 bits per heavy atom. The standard InChI is InChI=1S/C23H24ClN3O2/c24-18-8-9-20-17(15-18)5-3-4-12-27(20)22(28)16-10-13-26(14-11-16)23-25-19-6-1-2-7-21(19)29-23/h1-2,6-9,15-16H,3-5,10-14H2. The van der Waals surface area contributed by atoms with Crippen LogP contribution in [0.25, 0.3) is 11.1 Å². The molecule has 1 saturated heterocycles. The molecule has 5 rings (SSSR count). The Bertz CT molecular complexity index is 1010. The second-order valence-electron chi connectivity index (χ2n) is 7.95. The molecule has 0 bridgehead atoms. The number of carbonyl (C=O) groups is 1. The van der Waals surface area contributed by atoms with E-state index in [0.717, 1.165) is 73.5 Å². The number of oxazole rings is 1. The minimum Gasteiger partial charge on any atom is -0.423 e. The normalized spacial score (nSPS) is 18.0. The Hall–Kier alpha value is -2.53. The van der Waals surface area contributed by atoms with Gasteiger partial charge >= 0.3 is 0 Å². The maximum Gasteiger partial charge on any atom is 0.298 e. The van der Waals surface area contributed by atoms with E-state index in [1.54, 1.807) is 0 Å². The Labute approximate surface area is 175 Å². The molecule has 3 aromatic rings. The first-order valence-corrected chi connectivity index (χ1v) is 10.8. The molecule has 1 aromatic heterocycles. The van der Waals surface area contributed by atoms with Crippen molar-refractivity contribution in [3.05, 3.63) is 53.1 Å². The maximum absolute atomic E-state index is 13.4. The number of rotatable bonds is 2. The second-order valence-corrected chi connectivity index (χ2v) is 8.38. The molecule has 0 radical (unpaired) electrons. The number of halogens is 1. The van der Waals surface area contributed by atoms with E-state index in [2.05, 4.69) is 9.88 Å². The Balaban J connectivity index is 1.30. The van der Waals surface area contributed by atoms with Gasteiger partial charge in [0.2, 0.25) is 5.91 Å².